The number of hydrogen-bond acceptors (Lipinski definition) is 4. The van der Waals surface area contributed by atoms with E-state index in [1.165, 1.54) is 43.9 Å². The predicted molar refractivity (Wildman–Crippen MR) is 163 cm³/mol. The van der Waals surface area contributed by atoms with Crippen LogP contribution in [0, 0.1) is 23.2 Å². The third-order valence-corrected chi connectivity index (χ3v) is 9.13. The highest BCUT2D eigenvalue weighted by molar-refractivity contribution is 5.76. The summed E-state index contributed by atoms with van der Waals surface area (Å²) in [5.74, 6) is 1.49. The number of piperidine rings is 1. The van der Waals surface area contributed by atoms with Crippen molar-refractivity contribution in [2.24, 2.45) is 11.8 Å². The molecule has 1 saturated carbocycles. The molecule has 1 unspecified atom stereocenters. The molecule has 2 N–H and O–H groups in total. The van der Waals surface area contributed by atoms with Gasteiger partial charge >= 0.3 is 6.09 Å². The van der Waals surface area contributed by atoms with Crippen LogP contribution in [0.2, 0.25) is 0 Å². The number of benzene rings is 2. The maximum absolute atomic E-state index is 13.1. The summed E-state index contributed by atoms with van der Waals surface area (Å²) in [4.78, 5) is 28.8. The summed E-state index contributed by atoms with van der Waals surface area (Å²) in [7, 11) is 1.35. The summed E-state index contributed by atoms with van der Waals surface area (Å²) < 4.78 is 2.28. The molecule has 1 aliphatic heterocycles. The topological polar surface area (TPSA) is 111 Å². The molecule has 1 aromatic heterocycles. The number of aryl methyl sites for hydroxylation is 1. The Labute approximate surface area is 249 Å². The minimum atomic E-state index is -0.995. The Morgan fingerprint density at radius 3 is 2.24 bits per heavy atom. The molecular formula is C34H43N5O3. The Morgan fingerprint density at radius 2 is 1.67 bits per heavy atom. The van der Waals surface area contributed by atoms with E-state index < -0.39 is 6.09 Å². The Hall–Kier alpha value is -4.12. The summed E-state index contributed by atoms with van der Waals surface area (Å²) in [6.07, 6.45) is 14.6. The Morgan fingerprint density at radius 1 is 1.02 bits per heavy atom. The lowest BCUT2D eigenvalue weighted by atomic mass is 9.59. The lowest BCUT2D eigenvalue weighted by molar-refractivity contribution is -0.133. The van der Waals surface area contributed by atoms with Crippen molar-refractivity contribution in [3.05, 3.63) is 90.0 Å². The van der Waals surface area contributed by atoms with Gasteiger partial charge in [-0.25, -0.2) is 9.78 Å². The molecule has 0 spiro atoms. The first-order chi connectivity index (χ1) is 20.5. The van der Waals surface area contributed by atoms with Crippen molar-refractivity contribution in [1.82, 2.24) is 19.8 Å². The number of amides is 2. The van der Waals surface area contributed by atoms with Crippen LogP contribution < -0.4 is 5.32 Å². The van der Waals surface area contributed by atoms with Gasteiger partial charge < -0.3 is 19.9 Å². The molecule has 8 nitrogen and oxygen atoms in total. The van der Waals surface area contributed by atoms with E-state index in [0.717, 1.165) is 45.3 Å². The zero-order valence-electron chi connectivity index (χ0n) is 24.6. The summed E-state index contributed by atoms with van der Waals surface area (Å²) in [5, 5.41) is 18.5. The van der Waals surface area contributed by atoms with Crippen LogP contribution >= 0.6 is 0 Å². The molecule has 2 aromatic carbocycles. The van der Waals surface area contributed by atoms with E-state index in [0.29, 0.717) is 23.8 Å². The van der Waals surface area contributed by atoms with Crippen molar-refractivity contribution in [2.45, 2.75) is 69.7 Å². The van der Waals surface area contributed by atoms with Gasteiger partial charge in [0.05, 0.1) is 18.0 Å². The number of nitrogens with zero attached hydrogens (tertiary/aromatic N) is 4. The zero-order valence-corrected chi connectivity index (χ0v) is 24.6. The zero-order chi connectivity index (χ0) is 29.8. The molecule has 0 radical (unpaired) electrons. The number of nitrogens with one attached hydrogen (secondary N) is 1. The van der Waals surface area contributed by atoms with E-state index in [-0.39, 0.29) is 11.3 Å². The molecule has 222 valence electrons. The van der Waals surface area contributed by atoms with Crippen molar-refractivity contribution in [1.29, 1.82) is 5.26 Å². The smallest absolute Gasteiger partial charge is 0.404 e. The summed E-state index contributed by atoms with van der Waals surface area (Å²) in [6, 6.07) is 21.1. The van der Waals surface area contributed by atoms with Crippen molar-refractivity contribution < 1.29 is 14.7 Å². The first-order valence-electron chi connectivity index (χ1n) is 15.1. The van der Waals surface area contributed by atoms with E-state index in [1.54, 1.807) is 0 Å². The minimum Gasteiger partial charge on any atom is -0.465 e. The maximum Gasteiger partial charge on any atom is 0.404 e. The minimum absolute atomic E-state index is 0.0726. The van der Waals surface area contributed by atoms with Gasteiger partial charge in [-0.2, -0.15) is 5.26 Å². The van der Waals surface area contributed by atoms with Crippen molar-refractivity contribution in [3.63, 3.8) is 0 Å². The number of rotatable bonds is 9. The molecule has 2 heterocycles. The fraction of sp³-hybridized carbons (Fsp3) is 0.471. The van der Waals surface area contributed by atoms with Gasteiger partial charge in [0.15, 0.2) is 0 Å². The fourth-order valence-electron chi connectivity index (χ4n) is 7.02. The van der Waals surface area contributed by atoms with Crippen LogP contribution in [-0.2, 0) is 23.2 Å². The first kappa shape index (κ1) is 30.8. The summed E-state index contributed by atoms with van der Waals surface area (Å²) in [5.41, 5.74) is 3.40. The van der Waals surface area contributed by atoms with Crippen molar-refractivity contribution in [2.75, 3.05) is 20.1 Å². The van der Waals surface area contributed by atoms with Crippen molar-refractivity contribution in [3.8, 4) is 6.07 Å². The molecule has 5 rings (SSSR count). The van der Waals surface area contributed by atoms with Gasteiger partial charge in [0, 0.05) is 50.9 Å². The molecule has 2 amide bonds. The Bertz CT molecular complexity index is 1290. The number of hydrogen-bond donors (Lipinski definition) is 2. The fourth-order valence-corrected chi connectivity index (χ4v) is 7.02. The third-order valence-electron chi connectivity index (χ3n) is 9.13. The molecular weight excluding hydrogens is 526 g/mol. The Kier molecular flexibility index (Phi) is 11.2. The van der Waals surface area contributed by atoms with E-state index in [1.807, 2.05) is 42.1 Å². The van der Waals surface area contributed by atoms with Gasteiger partial charge in [0.1, 0.15) is 0 Å². The highest BCUT2D eigenvalue weighted by atomic mass is 16.4. The molecule has 1 saturated heterocycles. The van der Waals surface area contributed by atoms with Gasteiger partial charge in [-0.1, -0.05) is 55.3 Å². The Balaban J connectivity index is 0.000000748. The quantitative estimate of drug-likeness (QED) is 0.327. The van der Waals surface area contributed by atoms with E-state index in [9.17, 15) is 9.59 Å². The maximum atomic E-state index is 13.1. The van der Waals surface area contributed by atoms with E-state index in [4.69, 9.17) is 10.4 Å². The molecule has 2 aliphatic rings. The second-order valence-electron chi connectivity index (χ2n) is 11.5. The molecule has 42 heavy (non-hydrogen) atoms. The largest absolute Gasteiger partial charge is 0.465 e. The second-order valence-corrected chi connectivity index (χ2v) is 11.5. The van der Waals surface area contributed by atoms with Gasteiger partial charge in [-0.3, -0.25) is 4.79 Å². The lowest BCUT2D eigenvalue weighted by Crippen LogP contribution is -2.50. The van der Waals surface area contributed by atoms with Crippen LogP contribution in [0.4, 0.5) is 4.79 Å². The van der Waals surface area contributed by atoms with Gasteiger partial charge in [-0.15, -0.1) is 0 Å². The highest BCUT2D eigenvalue weighted by Gasteiger charge is 2.48. The monoisotopic (exact) mass is 569 g/mol. The van der Waals surface area contributed by atoms with Gasteiger partial charge in [0.25, 0.3) is 0 Å². The average molecular weight is 570 g/mol. The number of likely N-dealkylation sites (tertiary alicyclic amines) is 1. The number of aromatic nitrogens is 2. The molecule has 3 aromatic rings. The summed E-state index contributed by atoms with van der Waals surface area (Å²) in [6.45, 7) is 2.67. The van der Waals surface area contributed by atoms with Crippen LogP contribution in [0.15, 0.2) is 73.3 Å². The predicted octanol–water partition coefficient (Wildman–Crippen LogP) is 6.03. The third kappa shape index (κ3) is 7.79. The summed E-state index contributed by atoms with van der Waals surface area (Å²) >= 11 is 0. The van der Waals surface area contributed by atoms with Crippen LogP contribution in [0.25, 0.3) is 0 Å². The second kappa shape index (κ2) is 15.2. The van der Waals surface area contributed by atoms with E-state index in [2.05, 4.69) is 57.0 Å². The van der Waals surface area contributed by atoms with Gasteiger partial charge in [0.2, 0.25) is 5.91 Å². The number of nitriles is 1. The lowest BCUT2D eigenvalue weighted by Gasteiger charge is -2.49. The van der Waals surface area contributed by atoms with Crippen LogP contribution in [0.1, 0.15) is 68.1 Å². The SMILES string of the molecule is CNC(=O)O.N#Cc1ccc(CCCC(=O)N2CCC(C(Cn3ccnc3)(c3ccccc3)C3CCCC3)CC2)cc1. The normalized spacial score (nSPS) is 17.0. The number of imidazole rings is 1. The first-order valence-corrected chi connectivity index (χ1v) is 15.1. The molecule has 1 atom stereocenters. The standard InChI is InChI=1S/C32H38N4O.C2H5NO2/c33-23-27-15-13-26(14-16-27)7-6-12-31(37)36-20-17-30(18-21-36)32(29-10-4-5-11-29,24-35-22-19-34-25-35)28-8-2-1-3-9-28;1-3-2(4)5/h1-3,8-9,13-16,19,22,25,29-30H,4-7,10-12,17-18,20-21,24H2;3H,1H3,(H,4,5). The molecule has 1 aliphatic carbocycles. The van der Waals surface area contributed by atoms with Crippen LogP contribution in [0.5, 0.6) is 0 Å². The molecule has 0 bridgehead atoms. The number of carboxylic acid groups (broad SMARTS) is 1. The van der Waals surface area contributed by atoms with Crippen LogP contribution in [0.3, 0.4) is 0 Å². The van der Waals surface area contributed by atoms with Crippen LogP contribution in [-0.4, -0.2) is 51.7 Å². The number of carbonyl (C=O) groups is 2. The average Bonchev–Trinajstić information content (AvgIpc) is 3.76. The van der Waals surface area contributed by atoms with Crippen molar-refractivity contribution >= 4 is 12.0 Å². The van der Waals surface area contributed by atoms with E-state index >= 15 is 0 Å². The molecule has 8 heteroatoms. The van der Waals surface area contributed by atoms with Gasteiger partial charge in [-0.05, 0) is 73.6 Å². The molecule has 2 fully saturated rings. The number of carbonyl (C=O) groups excluding carboxylic acids is 1. The highest BCUT2D eigenvalue weighted by Crippen LogP contribution is 2.51.